The summed E-state index contributed by atoms with van der Waals surface area (Å²) in [4.78, 5) is 22.5. The highest BCUT2D eigenvalue weighted by Gasteiger charge is 2.16. The van der Waals surface area contributed by atoms with Crippen molar-refractivity contribution < 1.29 is 14.7 Å². The highest BCUT2D eigenvalue weighted by molar-refractivity contribution is 6.30. The van der Waals surface area contributed by atoms with E-state index in [-0.39, 0.29) is 0 Å². The number of hydrogen-bond donors (Lipinski definition) is 1. The number of nitrogens with zero attached hydrogens (tertiary/aromatic N) is 1. The Labute approximate surface area is 85.7 Å². The van der Waals surface area contributed by atoms with Crippen LogP contribution in [0.5, 0.6) is 0 Å². The Bertz CT molecular complexity index is 361. The normalized spacial score (nSPS) is 9.57. The summed E-state index contributed by atoms with van der Waals surface area (Å²) in [6.45, 7) is 0. The Balaban J connectivity index is 2.90. The smallest absolute Gasteiger partial charge is 0.414 e. The molecular formula is C9H8ClNO3. The van der Waals surface area contributed by atoms with E-state index < -0.39 is 12.0 Å². The van der Waals surface area contributed by atoms with Crippen LogP contribution in [-0.4, -0.2) is 29.1 Å². The highest BCUT2D eigenvalue weighted by atomic mass is 35.5. The fourth-order valence-electron chi connectivity index (χ4n) is 0.873. The molecule has 14 heavy (non-hydrogen) atoms. The first-order chi connectivity index (χ1) is 6.52. The second kappa shape index (κ2) is 4.11. The Morgan fingerprint density at radius 3 is 2.21 bits per heavy atom. The molecule has 1 rings (SSSR count). The van der Waals surface area contributed by atoms with Gasteiger partial charge in [-0.25, -0.2) is 9.69 Å². The summed E-state index contributed by atoms with van der Waals surface area (Å²) in [5.41, 5.74) is 0.291. The van der Waals surface area contributed by atoms with Gasteiger partial charge in [-0.2, -0.15) is 0 Å². The maximum absolute atomic E-state index is 11.4. The van der Waals surface area contributed by atoms with Crippen molar-refractivity contribution >= 4 is 23.6 Å². The van der Waals surface area contributed by atoms with Crippen LogP contribution < -0.4 is 0 Å². The van der Waals surface area contributed by atoms with Gasteiger partial charge in [-0.1, -0.05) is 11.6 Å². The van der Waals surface area contributed by atoms with Crippen molar-refractivity contribution in [2.75, 3.05) is 7.05 Å². The predicted molar refractivity (Wildman–Crippen MR) is 51.6 cm³/mol. The maximum Gasteiger partial charge on any atom is 0.414 e. The zero-order valence-corrected chi connectivity index (χ0v) is 8.15. The monoisotopic (exact) mass is 213 g/mol. The molecule has 0 bridgehead atoms. The van der Waals surface area contributed by atoms with Crippen LogP contribution >= 0.6 is 11.6 Å². The number of rotatable bonds is 1. The standard InChI is InChI=1S/C9H8ClNO3/c1-11(9(13)14)8(12)6-2-4-7(10)5-3-6/h2-5H,1H3,(H,13,14). The van der Waals surface area contributed by atoms with E-state index in [2.05, 4.69) is 0 Å². The number of carbonyl (C=O) groups excluding carboxylic acids is 1. The summed E-state index contributed by atoms with van der Waals surface area (Å²) in [5, 5.41) is 9.05. The van der Waals surface area contributed by atoms with E-state index in [4.69, 9.17) is 16.7 Å². The molecule has 0 aromatic heterocycles. The lowest BCUT2D eigenvalue weighted by Crippen LogP contribution is -2.31. The van der Waals surface area contributed by atoms with Crippen LogP contribution in [0.3, 0.4) is 0 Å². The van der Waals surface area contributed by atoms with E-state index in [0.29, 0.717) is 15.5 Å². The highest BCUT2D eigenvalue weighted by Crippen LogP contribution is 2.10. The SMILES string of the molecule is CN(C(=O)O)C(=O)c1ccc(Cl)cc1. The van der Waals surface area contributed by atoms with Gasteiger partial charge >= 0.3 is 6.09 Å². The molecule has 1 aromatic rings. The minimum absolute atomic E-state index is 0.291. The van der Waals surface area contributed by atoms with Gasteiger partial charge in [0.05, 0.1) is 0 Å². The minimum Gasteiger partial charge on any atom is -0.465 e. The molecule has 0 aliphatic rings. The van der Waals surface area contributed by atoms with E-state index in [1.807, 2.05) is 0 Å². The number of carboxylic acid groups (broad SMARTS) is 1. The number of carbonyl (C=O) groups is 2. The molecule has 5 heteroatoms. The molecular weight excluding hydrogens is 206 g/mol. The van der Waals surface area contributed by atoms with Crippen LogP contribution in [0.25, 0.3) is 0 Å². The van der Waals surface area contributed by atoms with E-state index in [9.17, 15) is 9.59 Å². The summed E-state index contributed by atoms with van der Waals surface area (Å²) < 4.78 is 0. The molecule has 0 spiro atoms. The molecule has 0 heterocycles. The van der Waals surface area contributed by atoms with Crippen LogP contribution in [0.4, 0.5) is 4.79 Å². The van der Waals surface area contributed by atoms with E-state index in [1.54, 1.807) is 0 Å². The van der Waals surface area contributed by atoms with Crippen molar-refractivity contribution in [3.05, 3.63) is 34.9 Å². The molecule has 0 aliphatic heterocycles. The quantitative estimate of drug-likeness (QED) is 0.777. The molecule has 0 radical (unpaired) electrons. The Hall–Kier alpha value is -1.55. The molecule has 0 unspecified atom stereocenters. The minimum atomic E-state index is -1.29. The van der Waals surface area contributed by atoms with Gasteiger partial charge in [0.2, 0.25) is 0 Å². The molecule has 0 saturated heterocycles. The maximum atomic E-state index is 11.4. The summed E-state index contributed by atoms with van der Waals surface area (Å²) >= 11 is 5.62. The first-order valence-corrected chi connectivity index (χ1v) is 4.16. The third kappa shape index (κ3) is 2.23. The lowest BCUT2D eigenvalue weighted by Gasteiger charge is -2.10. The summed E-state index contributed by atoms with van der Waals surface area (Å²) in [6, 6.07) is 6.02. The third-order valence-corrected chi connectivity index (χ3v) is 1.93. The first-order valence-electron chi connectivity index (χ1n) is 3.79. The second-order valence-electron chi connectivity index (χ2n) is 2.65. The zero-order valence-electron chi connectivity index (χ0n) is 7.40. The molecule has 74 valence electrons. The molecule has 1 N–H and O–H groups in total. The summed E-state index contributed by atoms with van der Waals surface area (Å²) in [7, 11) is 1.19. The number of imide groups is 1. The third-order valence-electron chi connectivity index (χ3n) is 1.68. The number of amides is 2. The number of hydrogen-bond acceptors (Lipinski definition) is 2. The van der Waals surface area contributed by atoms with Crippen LogP contribution in [0.15, 0.2) is 24.3 Å². The van der Waals surface area contributed by atoms with Crippen molar-refractivity contribution in [1.82, 2.24) is 4.90 Å². The fraction of sp³-hybridized carbons (Fsp3) is 0.111. The van der Waals surface area contributed by atoms with Crippen molar-refractivity contribution in [1.29, 1.82) is 0 Å². The van der Waals surface area contributed by atoms with Gasteiger partial charge in [-0.05, 0) is 24.3 Å². The van der Waals surface area contributed by atoms with Gasteiger partial charge in [0.25, 0.3) is 5.91 Å². The van der Waals surface area contributed by atoms with Crippen LogP contribution in [0, 0.1) is 0 Å². The van der Waals surface area contributed by atoms with Gasteiger partial charge < -0.3 is 5.11 Å². The average Bonchev–Trinajstić information content (AvgIpc) is 2.16. The van der Waals surface area contributed by atoms with Crippen molar-refractivity contribution in [2.45, 2.75) is 0 Å². The summed E-state index contributed by atoms with van der Waals surface area (Å²) in [6.07, 6.45) is -1.29. The van der Waals surface area contributed by atoms with Crippen LogP contribution in [0.2, 0.25) is 5.02 Å². The lowest BCUT2D eigenvalue weighted by molar-refractivity contribution is 0.0782. The van der Waals surface area contributed by atoms with E-state index in [0.717, 1.165) is 0 Å². The van der Waals surface area contributed by atoms with Gasteiger partial charge in [-0.15, -0.1) is 0 Å². The molecule has 0 atom stereocenters. The average molecular weight is 214 g/mol. The van der Waals surface area contributed by atoms with Gasteiger partial charge in [0.15, 0.2) is 0 Å². The Morgan fingerprint density at radius 1 is 1.29 bits per heavy atom. The fourth-order valence-corrected chi connectivity index (χ4v) is 0.999. The van der Waals surface area contributed by atoms with Crippen molar-refractivity contribution in [3.8, 4) is 0 Å². The molecule has 4 nitrogen and oxygen atoms in total. The second-order valence-corrected chi connectivity index (χ2v) is 3.09. The van der Waals surface area contributed by atoms with Crippen LogP contribution in [-0.2, 0) is 0 Å². The predicted octanol–water partition coefficient (Wildman–Crippen LogP) is 2.09. The molecule has 1 aromatic carbocycles. The molecule has 0 fully saturated rings. The van der Waals surface area contributed by atoms with E-state index in [1.165, 1.54) is 31.3 Å². The molecule has 0 saturated carbocycles. The molecule has 2 amide bonds. The topological polar surface area (TPSA) is 57.6 Å². The lowest BCUT2D eigenvalue weighted by atomic mass is 10.2. The Kier molecular flexibility index (Phi) is 3.09. The van der Waals surface area contributed by atoms with E-state index >= 15 is 0 Å². The summed E-state index contributed by atoms with van der Waals surface area (Å²) in [5.74, 6) is -0.575. The van der Waals surface area contributed by atoms with Crippen molar-refractivity contribution in [2.24, 2.45) is 0 Å². The number of halogens is 1. The zero-order chi connectivity index (χ0) is 10.7. The van der Waals surface area contributed by atoms with Gasteiger partial charge in [0.1, 0.15) is 0 Å². The number of benzene rings is 1. The van der Waals surface area contributed by atoms with Crippen LogP contribution in [0.1, 0.15) is 10.4 Å². The largest absolute Gasteiger partial charge is 0.465 e. The van der Waals surface area contributed by atoms with Gasteiger partial charge in [0, 0.05) is 17.6 Å². The first kappa shape index (κ1) is 10.5. The van der Waals surface area contributed by atoms with Gasteiger partial charge in [-0.3, -0.25) is 4.79 Å². The molecule has 0 aliphatic carbocycles. The van der Waals surface area contributed by atoms with Crippen molar-refractivity contribution in [3.63, 3.8) is 0 Å². The Morgan fingerprint density at radius 2 is 1.79 bits per heavy atom.